The van der Waals surface area contributed by atoms with Crippen LogP contribution in [0.25, 0.3) is 0 Å². The maximum atomic E-state index is 13.3. The smallest absolute Gasteiger partial charge is 0.315 e. The first-order valence-corrected chi connectivity index (χ1v) is 7.54. The van der Waals surface area contributed by atoms with E-state index in [1.54, 1.807) is 11.3 Å². The molecular weight excluding hydrogens is 315 g/mol. The van der Waals surface area contributed by atoms with Gasteiger partial charge in [0.25, 0.3) is 0 Å². The number of nitrogens with one attached hydrogen (secondary N) is 2. The van der Waals surface area contributed by atoms with Crippen molar-refractivity contribution in [1.82, 2.24) is 10.6 Å². The monoisotopic (exact) mass is 328 g/mol. The summed E-state index contributed by atoms with van der Waals surface area (Å²) in [6.07, 6.45) is -0.997. The van der Waals surface area contributed by atoms with Crippen LogP contribution in [-0.4, -0.2) is 17.7 Å². The van der Waals surface area contributed by atoms with Crippen LogP contribution >= 0.6 is 22.9 Å². The second kappa shape index (κ2) is 7.40. The predicted octanol–water partition coefficient (Wildman–Crippen LogP) is 3.07. The molecule has 0 aliphatic heterocycles. The Kier molecular flexibility index (Phi) is 5.55. The van der Waals surface area contributed by atoms with Crippen LogP contribution in [0.4, 0.5) is 9.18 Å². The fourth-order valence-electron chi connectivity index (χ4n) is 1.66. The van der Waals surface area contributed by atoms with Gasteiger partial charge < -0.3 is 15.7 Å². The van der Waals surface area contributed by atoms with E-state index in [1.165, 1.54) is 12.1 Å². The van der Waals surface area contributed by atoms with Crippen molar-refractivity contribution in [2.24, 2.45) is 0 Å². The molecule has 7 heteroatoms. The number of aliphatic hydroxyl groups excluding tert-OH is 1. The lowest BCUT2D eigenvalue weighted by atomic mass is 10.1. The van der Waals surface area contributed by atoms with E-state index in [0.29, 0.717) is 12.1 Å². The molecule has 112 valence electrons. The molecule has 0 aliphatic carbocycles. The van der Waals surface area contributed by atoms with Crippen LogP contribution in [0.1, 0.15) is 17.2 Å². The second-order valence-corrected chi connectivity index (χ2v) is 5.57. The van der Waals surface area contributed by atoms with E-state index in [1.807, 2.05) is 16.8 Å². The van der Waals surface area contributed by atoms with Crippen LogP contribution in [0, 0.1) is 5.82 Å². The van der Waals surface area contributed by atoms with Crippen molar-refractivity contribution in [3.05, 3.63) is 57.0 Å². The third kappa shape index (κ3) is 4.70. The van der Waals surface area contributed by atoms with E-state index in [-0.39, 0.29) is 11.6 Å². The summed E-state index contributed by atoms with van der Waals surface area (Å²) in [5, 5.41) is 18.9. The lowest BCUT2D eigenvalue weighted by Gasteiger charge is -2.13. The van der Waals surface area contributed by atoms with Gasteiger partial charge in [0.1, 0.15) is 5.82 Å². The van der Waals surface area contributed by atoms with Gasteiger partial charge in [0.15, 0.2) is 0 Å². The third-order valence-electron chi connectivity index (χ3n) is 2.82. The zero-order valence-electron chi connectivity index (χ0n) is 11.0. The van der Waals surface area contributed by atoms with Crippen LogP contribution in [-0.2, 0) is 6.54 Å². The molecule has 0 aliphatic rings. The number of carbonyl (C=O) groups is 1. The Hall–Kier alpha value is -1.63. The molecule has 0 spiro atoms. The minimum atomic E-state index is -0.997. The van der Waals surface area contributed by atoms with E-state index in [9.17, 15) is 14.3 Å². The van der Waals surface area contributed by atoms with Gasteiger partial charge in [-0.05, 0) is 40.1 Å². The molecule has 0 saturated carbocycles. The Morgan fingerprint density at radius 2 is 2.19 bits per heavy atom. The average molecular weight is 329 g/mol. The lowest BCUT2D eigenvalue weighted by Crippen LogP contribution is -2.37. The quantitative estimate of drug-likeness (QED) is 0.790. The van der Waals surface area contributed by atoms with Gasteiger partial charge >= 0.3 is 6.03 Å². The number of benzene rings is 1. The maximum Gasteiger partial charge on any atom is 0.315 e. The van der Waals surface area contributed by atoms with Crippen molar-refractivity contribution in [3.63, 3.8) is 0 Å². The summed E-state index contributed by atoms with van der Waals surface area (Å²) in [6, 6.07) is 5.55. The summed E-state index contributed by atoms with van der Waals surface area (Å²) in [4.78, 5) is 11.6. The van der Waals surface area contributed by atoms with E-state index < -0.39 is 18.0 Å². The molecule has 1 heterocycles. The van der Waals surface area contributed by atoms with E-state index >= 15 is 0 Å². The second-order valence-electron chi connectivity index (χ2n) is 4.38. The molecule has 0 fully saturated rings. The Labute approximate surface area is 130 Å². The van der Waals surface area contributed by atoms with Crippen LogP contribution in [0.15, 0.2) is 35.0 Å². The van der Waals surface area contributed by atoms with Gasteiger partial charge in [-0.25, -0.2) is 9.18 Å². The van der Waals surface area contributed by atoms with Crippen molar-refractivity contribution in [3.8, 4) is 0 Å². The van der Waals surface area contributed by atoms with Gasteiger partial charge in [-0.15, -0.1) is 0 Å². The van der Waals surface area contributed by atoms with Crippen LogP contribution in [0.5, 0.6) is 0 Å². The van der Waals surface area contributed by atoms with E-state index in [0.717, 1.165) is 11.6 Å². The van der Waals surface area contributed by atoms with Crippen molar-refractivity contribution >= 4 is 29.0 Å². The van der Waals surface area contributed by atoms with Crippen LogP contribution in [0.3, 0.4) is 0 Å². The van der Waals surface area contributed by atoms with Crippen molar-refractivity contribution < 1.29 is 14.3 Å². The molecule has 1 aromatic carbocycles. The van der Waals surface area contributed by atoms with Gasteiger partial charge in [-0.2, -0.15) is 11.3 Å². The highest BCUT2D eigenvalue weighted by Gasteiger charge is 2.11. The standard InChI is InChI=1S/C14H14ClFN2O2S/c15-11-2-1-10(5-12(11)16)13(19)7-18-14(20)17-6-9-3-4-21-8-9/h1-5,8,13,19H,6-7H2,(H2,17,18,20). The molecule has 2 amide bonds. The zero-order valence-corrected chi connectivity index (χ0v) is 12.5. The first-order chi connectivity index (χ1) is 10.1. The van der Waals surface area contributed by atoms with Gasteiger partial charge in [0.2, 0.25) is 0 Å². The average Bonchev–Trinajstić information content (AvgIpc) is 2.98. The summed E-state index contributed by atoms with van der Waals surface area (Å²) in [6.45, 7) is 0.400. The number of rotatable bonds is 5. The summed E-state index contributed by atoms with van der Waals surface area (Å²) in [7, 11) is 0. The number of carbonyl (C=O) groups excluding carboxylic acids is 1. The largest absolute Gasteiger partial charge is 0.387 e. The number of hydrogen-bond donors (Lipinski definition) is 3. The summed E-state index contributed by atoms with van der Waals surface area (Å²) in [5.74, 6) is -0.602. The molecule has 1 unspecified atom stereocenters. The summed E-state index contributed by atoms with van der Waals surface area (Å²) in [5.41, 5.74) is 1.37. The topological polar surface area (TPSA) is 61.4 Å². The highest BCUT2D eigenvalue weighted by molar-refractivity contribution is 7.07. The number of thiophene rings is 1. The molecule has 2 aromatic rings. The van der Waals surface area contributed by atoms with Crippen molar-refractivity contribution in [2.75, 3.05) is 6.54 Å². The number of halogens is 2. The number of urea groups is 1. The Morgan fingerprint density at radius 3 is 2.86 bits per heavy atom. The Balaban J connectivity index is 1.78. The molecule has 21 heavy (non-hydrogen) atoms. The fourth-order valence-corrected chi connectivity index (χ4v) is 2.45. The number of hydrogen-bond acceptors (Lipinski definition) is 3. The summed E-state index contributed by atoms with van der Waals surface area (Å²) < 4.78 is 13.3. The SMILES string of the molecule is O=C(NCc1ccsc1)NCC(O)c1ccc(Cl)c(F)c1. The number of amides is 2. The van der Waals surface area contributed by atoms with Crippen LogP contribution in [0.2, 0.25) is 5.02 Å². The first kappa shape index (κ1) is 15.8. The lowest BCUT2D eigenvalue weighted by molar-refractivity contribution is 0.172. The Morgan fingerprint density at radius 1 is 1.38 bits per heavy atom. The molecule has 0 radical (unpaired) electrons. The predicted molar refractivity (Wildman–Crippen MR) is 80.9 cm³/mol. The van der Waals surface area contributed by atoms with Gasteiger partial charge in [-0.3, -0.25) is 0 Å². The molecule has 3 N–H and O–H groups in total. The molecule has 0 saturated heterocycles. The zero-order chi connectivity index (χ0) is 15.2. The van der Waals surface area contributed by atoms with Crippen molar-refractivity contribution in [2.45, 2.75) is 12.6 Å². The fraction of sp³-hybridized carbons (Fsp3) is 0.214. The minimum Gasteiger partial charge on any atom is -0.387 e. The molecule has 1 aromatic heterocycles. The highest BCUT2D eigenvalue weighted by atomic mass is 35.5. The molecule has 2 rings (SSSR count). The number of aliphatic hydroxyl groups is 1. The first-order valence-electron chi connectivity index (χ1n) is 6.22. The molecule has 0 bridgehead atoms. The molecule has 1 atom stereocenters. The van der Waals surface area contributed by atoms with Gasteiger partial charge in [0.05, 0.1) is 11.1 Å². The van der Waals surface area contributed by atoms with E-state index in [4.69, 9.17) is 11.6 Å². The van der Waals surface area contributed by atoms with Crippen molar-refractivity contribution in [1.29, 1.82) is 0 Å². The van der Waals surface area contributed by atoms with Gasteiger partial charge in [-0.1, -0.05) is 17.7 Å². The molecular formula is C14H14ClFN2O2S. The normalized spacial score (nSPS) is 12.0. The highest BCUT2D eigenvalue weighted by Crippen LogP contribution is 2.19. The molecule has 4 nitrogen and oxygen atoms in total. The maximum absolute atomic E-state index is 13.3. The van der Waals surface area contributed by atoms with Crippen LogP contribution < -0.4 is 10.6 Å². The third-order valence-corrected chi connectivity index (χ3v) is 3.86. The minimum absolute atomic E-state index is 0.00702. The Bertz CT molecular complexity index is 607. The van der Waals surface area contributed by atoms with Gasteiger partial charge in [0, 0.05) is 13.1 Å². The van der Waals surface area contributed by atoms with E-state index in [2.05, 4.69) is 10.6 Å². The summed E-state index contributed by atoms with van der Waals surface area (Å²) >= 11 is 7.12.